The number of ether oxygens (including phenoxy) is 1. The lowest BCUT2D eigenvalue weighted by Crippen LogP contribution is -2.38. The smallest absolute Gasteiger partial charge is 0.286 e. The highest BCUT2D eigenvalue weighted by atomic mass is 79.9. The number of carbonyl (C=O) groups is 1. The number of hydrogen-bond acceptors (Lipinski definition) is 2. The molecule has 0 aliphatic carbocycles. The zero-order chi connectivity index (χ0) is 14.6. The molecular weight excluding hydrogens is 318 g/mol. The first kappa shape index (κ1) is 15.1. The maximum atomic E-state index is 12.0. The lowest BCUT2D eigenvalue weighted by molar-refractivity contribution is -0.121. The van der Waals surface area contributed by atoms with Crippen LogP contribution in [0.15, 0.2) is 40.6 Å². The summed E-state index contributed by atoms with van der Waals surface area (Å²) in [6.07, 6.45) is 3.77. The van der Waals surface area contributed by atoms with Crippen molar-refractivity contribution in [1.29, 1.82) is 0 Å². The second kappa shape index (κ2) is 6.44. The van der Waals surface area contributed by atoms with Gasteiger partial charge in [-0.15, -0.1) is 0 Å². The summed E-state index contributed by atoms with van der Waals surface area (Å²) in [5.74, 6) is 0.345. The van der Waals surface area contributed by atoms with Gasteiger partial charge in [0.2, 0.25) is 0 Å². The van der Waals surface area contributed by atoms with E-state index in [4.69, 9.17) is 4.74 Å². The molecule has 0 fully saturated rings. The highest BCUT2D eigenvalue weighted by Gasteiger charge is 2.23. The van der Waals surface area contributed by atoms with Gasteiger partial charge in [0.15, 0.2) is 5.76 Å². The van der Waals surface area contributed by atoms with Gasteiger partial charge in [-0.2, -0.15) is 0 Å². The maximum Gasteiger partial charge on any atom is 0.286 e. The third-order valence-corrected chi connectivity index (χ3v) is 4.00. The number of amides is 1. The molecule has 1 aromatic carbocycles. The Balaban J connectivity index is 1.96. The Morgan fingerprint density at radius 2 is 2.05 bits per heavy atom. The second-order valence-electron chi connectivity index (χ2n) is 5.63. The van der Waals surface area contributed by atoms with Gasteiger partial charge in [0, 0.05) is 16.4 Å². The van der Waals surface area contributed by atoms with Crippen LogP contribution in [0.25, 0.3) is 0 Å². The molecule has 3 nitrogen and oxygen atoms in total. The van der Waals surface area contributed by atoms with Crippen LogP contribution in [0.5, 0.6) is 0 Å². The van der Waals surface area contributed by atoms with Crippen molar-refractivity contribution in [2.75, 3.05) is 13.2 Å². The first-order valence-electron chi connectivity index (χ1n) is 6.86. The van der Waals surface area contributed by atoms with Gasteiger partial charge in [0.25, 0.3) is 5.91 Å². The quantitative estimate of drug-likeness (QED) is 0.912. The van der Waals surface area contributed by atoms with Gasteiger partial charge in [0.1, 0.15) is 0 Å². The molecule has 4 heteroatoms. The Bertz CT molecular complexity index is 506. The van der Waals surface area contributed by atoms with Crippen LogP contribution in [0, 0.1) is 0 Å². The number of allylic oxidation sites excluding steroid dienone is 1. The maximum absolute atomic E-state index is 12.0. The molecule has 0 aromatic heterocycles. The summed E-state index contributed by atoms with van der Waals surface area (Å²) in [6, 6.07) is 8.19. The van der Waals surface area contributed by atoms with E-state index < -0.39 is 0 Å². The fourth-order valence-electron chi connectivity index (χ4n) is 2.11. The molecule has 20 heavy (non-hydrogen) atoms. The minimum atomic E-state index is -0.119. The Hall–Kier alpha value is -1.29. The van der Waals surface area contributed by atoms with Gasteiger partial charge < -0.3 is 10.1 Å². The number of rotatable bonds is 4. The molecular formula is C16H20BrNO2. The predicted molar refractivity (Wildman–Crippen MR) is 83.4 cm³/mol. The van der Waals surface area contributed by atoms with Crippen LogP contribution in [-0.2, 0) is 14.9 Å². The van der Waals surface area contributed by atoms with Crippen LogP contribution >= 0.6 is 15.9 Å². The Morgan fingerprint density at radius 3 is 2.65 bits per heavy atom. The van der Waals surface area contributed by atoms with E-state index in [-0.39, 0.29) is 11.3 Å². The van der Waals surface area contributed by atoms with Crippen LogP contribution < -0.4 is 5.32 Å². The van der Waals surface area contributed by atoms with E-state index in [1.165, 1.54) is 5.56 Å². The van der Waals surface area contributed by atoms with Crippen molar-refractivity contribution in [3.63, 3.8) is 0 Å². The second-order valence-corrected chi connectivity index (χ2v) is 6.55. The Kier molecular flexibility index (Phi) is 4.86. The molecule has 0 unspecified atom stereocenters. The van der Waals surface area contributed by atoms with Crippen molar-refractivity contribution in [3.8, 4) is 0 Å². The zero-order valence-corrected chi connectivity index (χ0v) is 13.5. The van der Waals surface area contributed by atoms with Crippen molar-refractivity contribution in [1.82, 2.24) is 5.32 Å². The molecule has 1 N–H and O–H groups in total. The molecule has 108 valence electrons. The first-order valence-corrected chi connectivity index (χ1v) is 7.65. The summed E-state index contributed by atoms with van der Waals surface area (Å²) in [6.45, 7) is 5.45. The van der Waals surface area contributed by atoms with E-state index in [1.54, 1.807) is 0 Å². The van der Waals surface area contributed by atoms with Crippen molar-refractivity contribution in [2.45, 2.75) is 32.1 Å². The number of nitrogens with one attached hydrogen (secondary N) is 1. The Morgan fingerprint density at radius 1 is 1.35 bits per heavy atom. The highest BCUT2D eigenvalue weighted by molar-refractivity contribution is 9.10. The van der Waals surface area contributed by atoms with Crippen LogP contribution in [0.3, 0.4) is 0 Å². The summed E-state index contributed by atoms with van der Waals surface area (Å²) < 4.78 is 6.43. The fourth-order valence-corrected chi connectivity index (χ4v) is 2.37. The van der Waals surface area contributed by atoms with E-state index in [2.05, 4.69) is 47.2 Å². The van der Waals surface area contributed by atoms with Crippen molar-refractivity contribution in [2.24, 2.45) is 0 Å². The normalized spacial score (nSPS) is 15.2. The number of halogens is 1. The molecule has 1 aliphatic rings. The molecule has 0 atom stereocenters. The number of hydrogen-bond donors (Lipinski definition) is 1. The van der Waals surface area contributed by atoms with Crippen LogP contribution in [0.4, 0.5) is 0 Å². The molecule has 0 radical (unpaired) electrons. The molecule has 0 saturated carbocycles. The average molecular weight is 338 g/mol. The molecule has 1 amide bonds. The summed E-state index contributed by atoms with van der Waals surface area (Å²) in [5, 5.41) is 2.96. The molecule has 1 aromatic rings. The molecule has 2 rings (SSSR count). The van der Waals surface area contributed by atoms with Crippen LogP contribution in [-0.4, -0.2) is 19.1 Å². The monoisotopic (exact) mass is 337 g/mol. The van der Waals surface area contributed by atoms with E-state index >= 15 is 0 Å². The highest BCUT2D eigenvalue weighted by Crippen LogP contribution is 2.24. The first-order chi connectivity index (χ1) is 9.49. The molecule has 1 heterocycles. The van der Waals surface area contributed by atoms with Crippen molar-refractivity contribution >= 4 is 21.8 Å². The standard InChI is InChI=1S/C16H20BrNO2/c1-16(2,12-6-8-13(17)9-7-12)11-18-15(19)14-5-3-4-10-20-14/h5-9H,3-4,10-11H2,1-2H3,(H,18,19). The zero-order valence-electron chi connectivity index (χ0n) is 11.9. The minimum Gasteiger partial charge on any atom is -0.488 e. The van der Waals surface area contributed by atoms with E-state index in [0.717, 1.165) is 17.3 Å². The van der Waals surface area contributed by atoms with E-state index in [0.29, 0.717) is 18.9 Å². The average Bonchev–Trinajstić information content (AvgIpc) is 2.46. The SMILES string of the molecule is CC(C)(CNC(=O)C1=CCCCO1)c1ccc(Br)cc1. The topological polar surface area (TPSA) is 38.3 Å². The lowest BCUT2D eigenvalue weighted by atomic mass is 9.84. The van der Waals surface area contributed by atoms with Gasteiger partial charge in [-0.05, 0) is 36.6 Å². The van der Waals surface area contributed by atoms with Crippen molar-refractivity contribution in [3.05, 3.63) is 46.1 Å². The summed E-state index contributed by atoms with van der Waals surface area (Å²) in [4.78, 5) is 12.0. The Labute approximate surface area is 128 Å². The van der Waals surface area contributed by atoms with Gasteiger partial charge in [-0.1, -0.05) is 41.9 Å². The molecule has 1 aliphatic heterocycles. The largest absolute Gasteiger partial charge is 0.488 e. The number of benzene rings is 1. The molecule has 0 saturated heterocycles. The lowest BCUT2D eigenvalue weighted by Gasteiger charge is -2.26. The fraction of sp³-hybridized carbons (Fsp3) is 0.438. The van der Waals surface area contributed by atoms with Gasteiger partial charge >= 0.3 is 0 Å². The van der Waals surface area contributed by atoms with Gasteiger partial charge in [-0.25, -0.2) is 0 Å². The summed E-state index contributed by atoms with van der Waals surface area (Å²) >= 11 is 3.43. The van der Waals surface area contributed by atoms with Gasteiger partial charge in [-0.3, -0.25) is 4.79 Å². The third kappa shape index (κ3) is 3.85. The van der Waals surface area contributed by atoms with E-state index in [9.17, 15) is 4.79 Å². The molecule has 0 bridgehead atoms. The summed E-state index contributed by atoms with van der Waals surface area (Å²) in [7, 11) is 0. The van der Waals surface area contributed by atoms with Gasteiger partial charge in [0.05, 0.1) is 6.61 Å². The number of carbonyl (C=O) groups excluding carboxylic acids is 1. The summed E-state index contributed by atoms with van der Waals surface area (Å²) in [5.41, 5.74) is 1.07. The third-order valence-electron chi connectivity index (χ3n) is 3.48. The van der Waals surface area contributed by atoms with E-state index in [1.807, 2.05) is 18.2 Å². The van der Waals surface area contributed by atoms with Crippen LogP contribution in [0.2, 0.25) is 0 Å². The minimum absolute atomic E-state index is 0.116. The van der Waals surface area contributed by atoms with Crippen LogP contribution in [0.1, 0.15) is 32.3 Å². The molecule has 0 spiro atoms. The predicted octanol–water partition coefficient (Wildman–Crippen LogP) is 3.54. The van der Waals surface area contributed by atoms with Crippen molar-refractivity contribution < 1.29 is 9.53 Å².